The van der Waals surface area contributed by atoms with Gasteiger partial charge in [0.25, 0.3) is 0 Å². The molecular weight excluding hydrogens is 176 g/mol. The van der Waals surface area contributed by atoms with Gasteiger partial charge < -0.3 is 15.3 Å². The summed E-state index contributed by atoms with van der Waals surface area (Å²) >= 11 is 0. The highest BCUT2D eigenvalue weighted by Crippen LogP contribution is 2.18. The van der Waals surface area contributed by atoms with Gasteiger partial charge in [0, 0.05) is 6.04 Å². The van der Waals surface area contributed by atoms with Crippen LogP contribution < -0.4 is 5.32 Å². The first-order valence-electron chi connectivity index (χ1n) is 5.76. The van der Waals surface area contributed by atoms with Crippen molar-refractivity contribution in [3.8, 4) is 0 Å². The van der Waals surface area contributed by atoms with E-state index in [0.29, 0.717) is 6.04 Å². The highest BCUT2D eigenvalue weighted by atomic mass is 16.3. The molecule has 2 N–H and O–H groups in total. The van der Waals surface area contributed by atoms with Gasteiger partial charge in [0.05, 0.1) is 6.10 Å². The third kappa shape index (κ3) is 4.40. The predicted octanol–water partition coefficient (Wildman–Crippen LogP) is 0.831. The van der Waals surface area contributed by atoms with Gasteiger partial charge in [-0.3, -0.25) is 0 Å². The smallest absolute Gasteiger partial charge is 0.0693 e. The van der Waals surface area contributed by atoms with Crippen LogP contribution in [0.15, 0.2) is 0 Å². The highest BCUT2D eigenvalue weighted by molar-refractivity contribution is 4.80. The maximum absolute atomic E-state index is 9.70. The molecule has 3 heteroatoms. The monoisotopic (exact) mass is 200 g/mol. The van der Waals surface area contributed by atoms with Crippen LogP contribution in [0, 0.1) is 0 Å². The van der Waals surface area contributed by atoms with E-state index in [1.54, 1.807) is 0 Å². The van der Waals surface area contributed by atoms with Gasteiger partial charge in [-0.2, -0.15) is 0 Å². The molecule has 0 aromatic rings. The van der Waals surface area contributed by atoms with Crippen LogP contribution >= 0.6 is 0 Å². The van der Waals surface area contributed by atoms with Crippen LogP contribution in [0.5, 0.6) is 0 Å². The third-order valence-electron chi connectivity index (χ3n) is 2.92. The fourth-order valence-electron chi connectivity index (χ4n) is 2.03. The Morgan fingerprint density at radius 3 is 2.64 bits per heavy atom. The molecule has 0 amide bonds. The SMILES string of the molecule is CN(C)CCCNC1CCCCC1O. The average molecular weight is 200 g/mol. The Labute approximate surface area is 87.5 Å². The van der Waals surface area contributed by atoms with Crippen molar-refractivity contribution in [1.29, 1.82) is 0 Å². The first-order chi connectivity index (χ1) is 6.70. The largest absolute Gasteiger partial charge is 0.392 e. The summed E-state index contributed by atoms with van der Waals surface area (Å²) in [6.07, 6.45) is 5.63. The molecule has 0 aromatic carbocycles. The van der Waals surface area contributed by atoms with Crippen molar-refractivity contribution in [3.05, 3.63) is 0 Å². The summed E-state index contributed by atoms with van der Waals surface area (Å²) in [5.41, 5.74) is 0. The third-order valence-corrected chi connectivity index (χ3v) is 2.92. The molecule has 84 valence electrons. The molecule has 1 saturated carbocycles. The number of rotatable bonds is 5. The lowest BCUT2D eigenvalue weighted by atomic mass is 9.92. The van der Waals surface area contributed by atoms with E-state index in [2.05, 4.69) is 24.3 Å². The van der Waals surface area contributed by atoms with E-state index >= 15 is 0 Å². The molecule has 0 bridgehead atoms. The van der Waals surface area contributed by atoms with Crippen LogP contribution in [-0.2, 0) is 0 Å². The number of aliphatic hydroxyl groups is 1. The molecule has 14 heavy (non-hydrogen) atoms. The minimum absolute atomic E-state index is 0.108. The number of aliphatic hydroxyl groups excluding tert-OH is 1. The van der Waals surface area contributed by atoms with Crippen molar-refractivity contribution < 1.29 is 5.11 Å². The summed E-state index contributed by atoms with van der Waals surface area (Å²) in [6, 6.07) is 0.353. The van der Waals surface area contributed by atoms with Crippen LogP contribution in [0.4, 0.5) is 0 Å². The number of hydrogen-bond acceptors (Lipinski definition) is 3. The summed E-state index contributed by atoms with van der Waals surface area (Å²) in [6.45, 7) is 2.15. The molecule has 1 fully saturated rings. The Morgan fingerprint density at radius 2 is 2.00 bits per heavy atom. The highest BCUT2D eigenvalue weighted by Gasteiger charge is 2.21. The quantitative estimate of drug-likeness (QED) is 0.645. The molecule has 1 aliphatic rings. The van der Waals surface area contributed by atoms with E-state index in [1.165, 1.54) is 12.8 Å². The van der Waals surface area contributed by atoms with Gasteiger partial charge in [-0.05, 0) is 46.4 Å². The topological polar surface area (TPSA) is 35.5 Å². The van der Waals surface area contributed by atoms with Gasteiger partial charge in [-0.1, -0.05) is 12.8 Å². The summed E-state index contributed by atoms with van der Waals surface area (Å²) < 4.78 is 0. The van der Waals surface area contributed by atoms with Crippen LogP contribution in [0.25, 0.3) is 0 Å². The van der Waals surface area contributed by atoms with Gasteiger partial charge >= 0.3 is 0 Å². The van der Waals surface area contributed by atoms with Crippen LogP contribution in [-0.4, -0.2) is 49.3 Å². The number of hydrogen-bond donors (Lipinski definition) is 2. The zero-order chi connectivity index (χ0) is 10.4. The lowest BCUT2D eigenvalue weighted by molar-refractivity contribution is 0.0907. The van der Waals surface area contributed by atoms with Gasteiger partial charge in [-0.25, -0.2) is 0 Å². The summed E-state index contributed by atoms with van der Waals surface area (Å²) in [5.74, 6) is 0. The van der Waals surface area contributed by atoms with Gasteiger partial charge in [-0.15, -0.1) is 0 Å². The summed E-state index contributed by atoms with van der Waals surface area (Å²) in [5, 5.41) is 13.2. The molecule has 3 nitrogen and oxygen atoms in total. The minimum atomic E-state index is -0.108. The van der Waals surface area contributed by atoms with Gasteiger partial charge in [0.2, 0.25) is 0 Å². The molecular formula is C11H24N2O. The maximum atomic E-state index is 9.70. The van der Waals surface area contributed by atoms with Crippen LogP contribution in [0.1, 0.15) is 32.1 Å². The second-order valence-corrected chi connectivity index (χ2v) is 4.57. The Balaban J connectivity index is 2.04. The first-order valence-corrected chi connectivity index (χ1v) is 5.76. The molecule has 0 aromatic heterocycles. The molecule has 1 aliphatic carbocycles. The average Bonchev–Trinajstić information content (AvgIpc) is 2.15. The molecule has 1 rings (SSSR count). The van der Waals surface area contributed by atoms with E-state index in [4.69, 9.17) is 0 Å². The van der Waals surface area contributed by atoms with E-state index < -0.39 is 0 Å². The standard InChI is InChI=1S/C11H24N2O/c1-13(2)9-5-8-12-10-6-3-4-7-11(10)14/h10-12,14H,3-9H2,1-2H3. The van der Waals surface area contributed by atoms with Crippen LogP contribution in [0.3, 0.4) is 0 Å². The first kappa shape index (κ1) is 12.0. The predicted molar refractivity (Wildman–Crippen MR) is 59.4 cm³/mol. The van der Waals surface area contributed by atoms with Crippen molar-refractivity contribution in [2.75, 3.05) is 27.2 Å². The Hall–Kier alpha value is -0.120. The second-order valence-electron chi connectivity index (χ2n) is 4.57. The van der Waals surface area contributed by atoms with Gasteiger partial charge in [0.1, 0.15) is 0 Å². The lowest BCUT2D eigenvalue weighted by Crippen LogP contribution is -2.42. The fourth-order valence-corrected chi connectivity index (χ4v) is 2.03. The molecule has 0 aliphatic heterocycles. The fraction of sp³-hybridized carbons (Fsp3) is 1.00. The Morgan fingerprint density at radius 1 is 1.29 bits per heavy atom. The Kier molecular flexibility index (Phi) is 5.45. The maximum Gasteiger partial charge on any atom is 0.0693 e. The summed E-state index contributed by atoms with van der Waals surface area (Å²) in [4.78, 5) is 2.19. The number of nitrogens with zero attached hydrogens (tertiary/aromatic N) is 1. The van der Waals surface area contributed by atoms with E-state index in [-0.39, 0.29) is 6.10 Å². The molecule has 0 spiro atoms. The van der Waals surface area contributed by atoms with E-state index in [0.717, 1.165) is 32.4 Å². The molecule has 0 heterocycles. The zero-order valence-corrected chi connectivity index (χ0v) is 9.50. The normalized spacial score (nSPS) is 28.3. The molecule has 0 saturated heterocycles. The zero-order valence-electron chi connectivity index (χ0n) is 9.50. The van der Waals surface area contributed by atoms with Gasteiger partial charge in [0.15, 0.2) is 0 Å². The van der Waals surface area contributed by atoms with Crippen molar-refractivity contribution in [3.63, 3.8) is 0 Å². The van der Waals surface area contributed by atoms with Crippen LogP contribution in [0.2, 0.25) is 0 Å². The van der Waals surface area contributed by atoms with E-state index in [9.17, 15) is 5.11 Å². The molecule has 2 unspecified atom stereocenters. The second kappa shape index (κ2) is 6.38. The molecule has 0 radical (unpaired) electrons. The van der Waals surface area contributed by atoms with Crippen molar-refractivity contribution in [1.82, 2.24) is 10.2 Å². The van der Waals surface area contributed by atoms with Crippen molar-refractivity contribution >= 4 is 0 Å². The number of nitrogens with one attached hydrogen (secondary N) is 1. The van der Waals surface area contributed by atoms with Crippen molar-refractivity contribution in [2.24, 2.45) is 0 Å². The summed E-state index contributed by atoms with van der Waals surface area (Å²) in [7, 11) is 4.19. The van der Waals surface area contributed by atoms with E-state index in [1.807, 2.05) is 0 Å². The lowest BCUT2D eigenvalue weighted by Gasteiger charge is -2.28. The minimum Gasteiger partial charge on any atom is -0.392 e. The van der Waals surface area contributed by atoms with Crippen molar-refractivity contribution in [2.45, 2.75) is 44.2 Å². The Bertz CT molecular complexity index is 150. The molecule has 2 atom stereocenters.